The largest absolute Gasteiger partial charge is 0.451 e. The van der Waals surface area contributed by atoms with E-state index in [0.29, 0.717) is 16.1 Å². The van der Waals surface area contributed by atoms with Crippen LogP contribution in [0.2, 0.25) is 0 Å². The first-order valence-corrected chi connectivity index (χ1v) is 10.2. The maximum Gasteiger partial charge on any atom is 0.338 e. The molecule has 4 rings (SSSR count). The zero-order valence-corrected chi connectivity index (χ0v) is 17.1. The molecule has 158 valence electrons. The van der Waals surface area contributed by atoms with Gasteiger partial charge in [-0.05, 0) is 54.8 Å². The third-order valence-corrected chi connectivity index (χ3v) is 5.46. The van der Waals surface area contributed by atoms with Crippen molar-refractivity contribution < 1.29 is 23.1 Å². The van der Waals surface area contributed by atoms with Gasteiger partial charge in [-0.25, -0.2) is 9.78 Å². The van der Waals surface area contributed by atoms with E-state index in [1.165, 1.54) is 36.5 Å². The lowest BCUT2D eigenvalue weighted by Crippen LogP contribution is -2.15. The number of anilines is 1. The summed E-state index contributed by atoms with van der Waals surface area (Å²) >= 11 is 1.32. The number of nitrogens with zero attached hydrogens (tertiary/aromatic N) is 2. The van der Waals surface area contributed by atoms with Crippen LogP contribution in [0.3, 0.4) is 0 Å². The molecule has 0 aliphatic heterocycles. The van der Waals surface area contributed by atoms with Gasteiger partial charge in [0.05, 0.1) is 21.5 Å². The summed E-state index contributed by atoms with van der Waals surface area (Å²) in [6.07, 6.45) is -0.993. The van der Waals surface area contributed by atoms with Crippen molar-refractivity contribution in [1.82, 2.24) is 9.55 Å². The summed E-state index contributed by atoms with van der Waals surface area (Å²) in [6, 6.07) is 16.1. The van der Waals surface area contributed by atoms with Crippen LogP contribution in [0, 0.1) is 0 Å². The second-order valence-electron chi connectivity index (χ2n) is 6.66. The van der Waals surface area contributed by atoms with Gasteiger partial charge in [-0.2, -0.15) is 8.78 Å². The van der Waals surface area contributed by atoms with Crippen molar-refractivity contribution in [3.8, 4) is 0 Å². The molecule has 0 fully saturated rings. The minimum absolute atomic E-state index is 0.0376. The quantitative estimate of drug-likeness (QED) is 0.392. The Kier molecular flexibility index (Phi) is 5.77. The van der Waals surface area contributed by atoms with Crippen molar-refractivity contribution >= 4 is 39.9 Å². The fourth-order valence-corrected chi connectivity index (χ4v) is 3.75. The Bertz CT molecular complexity index is 1220. The molecule has 1 N–H and O–H groups in total. The Morgan fingerprint density at radius 2 is 1.81 bits per heavy atom. The number of fused-ring (bicyclic) bond motifs is 1. The first-order chi connectivity index (χ1) is 14.9. The van der Waals surface area contributed by atoms with E-state index in [2.05, 4.69) is 10.3 Å². The number of carbonyl (C=O) groups excluding carboxylic acids is 2. The summed E-state index contributed by atoms with van der Waals surface area (Å²) in [5.74, 6) is -0.967. The molecule has 0 aliphatic rings. The summed E-state index contributed by atoms with van der Waals surface area (Å²) < 4.78 is 33.4. The van der Waals surface area contributed by atoms with Crippen LogP contribution in [0.25, 0.3) is 11.0 Å². The first kappa shape index (κ1) is 20.7. The Morgan fingerprint density at radius 1 is 1.06 bits per heavy atom. The van der Waals surface area contributed by atoms with Gasteiger partial charge in [0.15, 0.2) is 11.9 Å². The highest BCUT2D eigenvalue weighted by molar-refractivity contribution is 7.12. The Balaban J connectivity index is 1.48. The summed E-state index contributed by atoms with van der Waals surface area (Å²) in [5, 5.41) is 4.54. The maximum atomic E-state index is 13.6. The topological polar surface area (TPSA) is 73.2 Å². The molecule has 31 heavy (non-hydrogen) atoms. The highest BCUT2D eigenvalue weighted by atomic mass is 32.1. The molecular weight excluding hydrogens is 424 g/mol. The number of hydrogen-bond donors (Lipinski definition) is 1. The standard InChI is InChI=1S/C22H17F2N3O3S/c1-13(19-26-16-5-2-3-6-17(16)27(19)22(23)24)30-21(29)14-8-10-15(11-9-14)25-20(28)18-7-4-12-31-18/h2-13,22H,1H3,(H,25,28). The van der Waals surface area contributed by atoms with Crippen LogP contribution in [0.4, 0.5) is 14.5 Å². The molecule has 9 heteroatoms. The van der Waals surface area contributed by atoms with Gasteiger partial charge in [0, 0.05) is 5.69 Å². The molecule has 2 aromatic heterocycles. The van der Waals surface area contributed by atoms with E-state index in [4.69, 9.17) is 4.74 Å². The third kappa shape index (κ3) is 4.31. The molecule has 6 nitrogen and oxygen atoms in total. The van der Waals surface area contributed by atoms with Crippen LogP contribution in [0.1, 0.15) is 45.4 Å². The normalized spacial score (nSPS) is 12.1. The molecule has 2 aromatic carbocycles. The van der Waals surface area contributed by atoms with Crippen LogP contribution in [-0.4, -0.2) is 21.4 Å². The molecule has 1 amide bonds. The first-order valence-electron chi connectivity index (χ1n) is 9.35. The zero-order chi connectivity index (χ0) is 22.0. The maximum absolute atomic E-state index is 13.6. The number of carbonyl (C=O) groups is 2. The van der Waals surface area contributed by atoms with Crippen LogP contribution < -0.4 is 5.32 Å². The highest BCUT2D eigenvalue weighted by Crippen LogP contribution is 2.28. The average molecular weight is 441 g/mol. The van der Waals surface area contributed by atoms with E-state index >= 15 is 0 Å². The second-order valence-corrected chi connectivity index (χ2v) is 7.61. The van der Waals surface area contributed by atoms with E-state index in [-0.39, 0.29) is 22.8 Å². The lowest BCUT2D eigenvalue weighted by Gasteiger charge is -2.15. The molecule has 0 spiro atoms. The van der Waals surface area contributed by atoms with Gasteiger partial charge in [0.25, 0.3) is 5.91 Å². The van der Waals surface area contributed by atoms with Gasteiger partial charge >= 0.3 is 12.5 Å². The van der Waals surface area contributed by atoms with E-state index in [0.717, 1.165) is 4.57 Å². The average Bonchev–Trinajstić information content (AvgIpc) is 3.42. The smallest absolute Gasteiger partial charge is 0.338 e. The van der Waals surface area contributed by atoms with Gasteiger partial charge < -0.3 is 10.1 Å². The molecule has 1 unspecified atom stereocenters. The monoisotopic (exact) mass is 441 g/mol. The van der Waals surface area contributed by atoms with Crippen LogP contribution in [0.5, 0.6) is 0 Å². The highest BCUT2D eigenvalue weighted by Gasteiger charge is 2.24. The lowest BCUT2D eigenvalue weighted by atomic mass is 10.2. The third-order valence-electron chi connectivity index (χ3n) is 4.59. The Hall–Kier alpha value is -3.59. The summed E-state index contributed by atoms with van der Waals surface area (Å²) in [6.45, 7) is -1.33. The van der Waals surface area contributed by atoms with Crippen LogP contribution >= 0.6 is 11.3 Å². The summed E-state index contributed by atoms with van der Waals surface area (Å²) in [4.78, 5) is 29.4. The number of alkyl halides is 2. The number of esters is 1. The predicted octanol–water partition coefficient (Wildman–Crippen LogP) is 5.66. The number of halogens is 2. The zero-order valence-electron chi connectivity index (χ0n) is 16.3. The van der Waals surface area contributed by atoms with Crippen molar-refractivity contribution in [2.24, 2.45) is 0 Å². The molecule has 0 saturated carbocycles. The second kappa shape index (κ2) is 8.65. The molecule has 0 saturated heterocycles. The Morgan fingerprint density at radius 3 is 2.48 bits per heavy atom. The number of hydrogen-bond acceptors (Lipinski definition) is 5. The van der Waals surface area contributed by atoms with E-state index in [1.54, 1.807) is 47.8 Å². The lowest BCUT2D eigenvalue weighted by molar-refractivity contribution is 0.0233. The van der Waals surface area contributed by atoms with Gasteiger partial charge in [0.2, 0.25) is 0 Å². The predicted molar refractivity (Wildman–Crippen MR) is 114 cm³/mol. The molecule has 1 atom stereocenters. The van der Waals surface area contributed by atoms with E-state index in [9.17, 15) is 18.4 Å². The van der Waals surface area contributed by atoms with Crippen molar-refractivity contribution in [3.05, 3.63) is 82.3 Å². The van der Waals surface area contributed by atoms with Crippen LogP contribution in [0.15, 0.2) is 66.0 Å². The molecule has 0 aliphatic carbocycles. The molecule has 4 aromatic rings. The van der Waals surface area contributed by atoms with Crippen molar-refractivity contribution in [2.75, 3.05) is 5.32 Å². The number of thiophene rings is 1. The number of imidazole rings is 1. The number of ether oxygens (including phenoxy) is 1. The summed E-state index contributed by atoms with van der Waals surface area (Å²) in [5.41, 5.74) is 1.40. The fraction of sp³-hybridized carbons (Fsp3) is 0.136. The van der Waals surface area contributed by atoms with Gasteiger partial charge in [-0.15, -0.1) is 11.3 Å². The number of para-hydroxylation sites is 2. The number of aromatic nitrogens is 2. The minimum atomic E-state index is -2.82. The van der Waals surface area contributed by atoms with Crippen LogP contribution in [-0.2, 0) is 4.74 Å². The number of nitrogens with one attached hydrogen (secondary N) is 1. The minimum Gasteiger partial charge on any atom is -0.451 e. The number of rotatable bonds is 6. The van der Waals surface area contributed by atoms with E-state index in [1.807, 2.05) is 0 Å². The molecular formula is C22H17F2N3O3S. The van der Waals surface area contributed by atoms with Gasteiger partial charge in [0.1, 0.15) is 0 Å². The molecule has 0 bridgehead atoms. The fourth-order valence-electron chi connectivity index (χ4n) is 3.13. The van der Waals surface area contributed by atoms with Gasteiger partial charge in [-0.1, -0.05) is 18.2 Å². The van der Waals surface area contributed by atoms with Crippen molar-refractivity contribution in [3.63, 3.8) is 0 Å². The number of benzene rings is 2. The van der Waals surface area contributed by atoms with Crippen molar-refractivity contribution in [2.45, 2.75) is 19.6 Å². The summed E-state index contributed by atoms with van der Waals surface area (Å²) in [7, 11) is 0. The molecule has 2 heterocycles. The van der Waals surface area contributed by atoms with Crippen molar-refractivity contribution in [1.29, 1.82) is 0 Å². The molecule has 0 radical (unpaired) electrons. The Labute approximate surface area is 180 Å². The van der Waals surface area contributed by atoms with Gasteiger partial charge in [-0.3, -0.25) is 9.36 Å². The SMILES string of the molecule is CC(OC(=O)c1ccc(NC(=O)c2cccs2)cc1)c1nc2ccccc2n1C(F)F. The number of amides is 1. The van der Waals surface area contributed by atoms with E-state index < -0.39 is 18.6 Å².